The fourth-order valence-corrected chi connectivity index (χ4v) is 2.45. The van der Waals surface area contributed by atoms with Gasteiger partial charge < -0.3 is 10.5 Å². The molecule has 2 nitrogen and oxygen atoms in total. The van der Waals surface area contributed by atoms with E-state index in [0.29, 0.717) is 0 Å². The maximum Gasteiger partial charge on any atom is 0.119 e. The van der Waals surface area contributed by atoms with Crippen molar-refractivity contribution in [3.8, 4) is 5.75 Å². The van der Waals surface area contributed by atoms with Crippen LogP contribution in [-0.2, 0) is 0 Å². The highest BCUT2D eigenvalue weighted by molar-refractivity contribution is 7.08. The highest BCUT2D eigenvalue weighted by Crippen LogP contribution is 2.26. The van der Waals surface area contributed by atoms with E-state index in [9.17, 15) is 0 Å². The standard InChI is InChI=1S/C13H15NOS/c1-9-7-11(15-2)3-4-12(9)13(14)10-5-6-16-8-10/h3-8,13H,14H2,1-2H3/t13-/m1/s1. The Hall–Kier alpha value is -1.32. The molecule has 0 radical (unpaired) electrons. The molecule has 0 aliphatic rings. The van der Waals surface area contributed by atoms with Gasteiger partial charge in [-0.2, -0.15) is 11.3 Å². The molecular weight excluding hydrogens is 218 g/mol. The second-order valence-electron chi connectivity index (χ2n) is 3.76. The first-order chi connectivity index (χ1) is 7.72. The molecular formula is C13H15NOS. The molecule has 0 saturated heterocycles. The number of ether oxygens (including phenoxy) is 1. The molecule has 1 heterocycles. The van der Waals surface area contributed by atoms with Crippen molar-refractivity contribution in [2.24, 2.45) is 5.73 Å². The summed E-state index contributed by atoms with van der Waals surface area (Å²) >= 11 is 1.67. The van der Waals surface area contributed by atoms with E-state index in [0.717, 1.165) is 16.9 Å². The molecule has 0 saturated carbocycles. The van der Waals surface area contributed by atoms with Crippen LogP contribution in [0.3, 0.4) is 0 Å². The molecule has 1 atom stereocenters. The van der Waals surface area contributed by atoms with E-state index < -0.39 is 0 Å². The van der Waals surface area contributed by atoms with Crippen molar-refractivity contribution < 1.29 is 4.74 Å². The number of thiophene rings is 1. The van der Waals surface area contributed by atoms with Gasteiger partial charge in [0.1, 0.15) is 5.75 Å². The van der Waals surface area contributed by atoms with Crippen LogP contribution < -0.4 is 10.5 Å². The predicted molar refractivity (Wildman–Crippen MR) is 68.1 cm³/mol. The van der Waals surface area contributed by atoms with Crippen molar-refractivity contribution >= 4 is 11.3 Å². The van der Waals surface area contributed by atoms with Crippen LogP contribution in [0.25, 0.3) is 0 Å². The zero-order valence-corrected chi connectivity index (χ0v) is 10.3. The van der Waals surface area contributed by atoms with Crippen LogP contribution in [0.15, 0.2) is 35.0 Å². The van der Waals surface area contributed by atoms with Crippen LogP contribution in [-0.4, -0.2) is 7.11 Å². The second-order valence-corrected chi connectivity index (χ2v) is 4.54. The van der Waals surface area contributed by atoms with E-state index in [1.165, 1.54) is 5.56 Å². The van der Waals surface area contributed by atoms with Gasteiger partial charge in [-0.15, -0.1) is 0 Å². The summed E-state index contributed by atoms with van der Waals surface area (Å²) in [6.07, 6.45) is 0. The van der Waals surface area contributed by atoms with Crippen LogP contribution in [0.4, 0.5) is 0 Å². The van der Waals surface area contributed by atoms with Crippen molar-refractivity contribution in [2.45, 2.75) is 13.0 Å². The number of methoxy groups -OCH3 is 1. The lowest BCUT2D eigenvalue weighted by Crippen LogP contribution is -2.12. The fourth-order valence-electron chi connectivity index (χ4n) is 1.76. The highest BCUT2D eigenvalue weighted by Gasteiger charge is 2.12. The lowest BCUT2D eigenvalue weighted by atomic mass is 9.97. The molecule has 0 unspecified atom stereocenters. The SMILES string of the molecule is COc1ccc([C@H](N)c2ccsc2)c(C)c1. The van der Waals surface area contributed by atoms with E-state index in [4.69, 9.17) is 10.5 Å². The van der Waals surface area contributed by atoms with Gasteiger partial charge in [0.15, 0.2) is 0 Å². The molecule has 3 heteroatoms. The Morgan fingerprint density at radius 1 is 1.31 bits per heavy atom. The molecule has 1 aromatic carbocycles. The third kappa shape index (κ3) is 2.10. The van der Waals surface area contributed by atoms with Crippen LogP contribution in [0.2, 0.25) is 0 Å². The molecule has 0 amide bonds. The Morgan fingerprint density at radius 2 is 2.12 bits per heavy atom. The summed E-state index contributed by atoms with van der Waals surface area (Å²) in [4.78, 5) is 0. The summed E-state index contributed by atoms with van der Waals surface area (Å²) < 4.78 is 5.18. The van der Waals surface area contributed by atoms with Crippen LogP contribution in [0, 0.1) is 6.92 Å². The quantitative estimate of drug-likeness (QED) is 0.884. The van der Waals surface area contributed by atoms with Crippen LogP contribution >= 0.6 is 11.3 Å². The van der Waals surface area contributed by atoms with Crippen molar-refractivity contribution in [1.29, 1.82) is 0 Å². The highest BCUT2D eigenvalue weighted by atomic mass is 32.1. The number of rotatable bonds is 3. The number of hydrogen-bond acceptors (Lipinski definition) is 3. The van der Waals surface area contributed by atoms with Crippen molar-refractivity contribution in [2.75, 3.05) is 7.11 Å². The van der Waals surface area contributed by atoms with E-state index in [-0.39, 0.29) is 6.04 Å². The van der Waals surface area contributed by atoms with Gasteiger partial charge in [0, 0.05) is 0 Å². The van der Waals surface area contributed by atoms with Gasteiger partial charge in [-0.1, -0.05) is 6.07 Å². The fraction of sp³-hybridized carbons (Fsp3) is 0.231. The third-order valence-electron chi connectivity index (χ3n) is 2.71. The Labute approximate surface area is 99.7 Å². The average molecular weight is 233 g/mol. The maximum absolute atomic E-state index is 6.22. The lowest BCUT2D eigenvalue weighted by molar-refractivity contribution is 0.414. The molecule has 0 aliphatic heterocycles. The first-order valence-corrected chi connectivity index (χ1v) is 6.09. The number of aryl methyl sites for hydroxylation is 1. The first-order valence-electron chi connectivity index (χ1n) is 5.14. The van der Waals surface area contributed by atoms with Gasteiger partial charge in [0.25, 0.3) is 0 Å². The molecule has 2 rings (SSSR count). The summed E-state index contributed by atoms with van der Waals surface area (Å²) in [5, 5.41) is 4.14. The zero-order valence-electron chi connectivity index (χ0n) is 9.44. The van der Waals surface area contributed by atoms with Crippen molar-refractivity contribution in [3.63, 3.8) is 0 Å². The summed E-state index contributed by atoms with van der Waals surface area (Å²) in [6, 6.07) is 8.03. The molecule has 0 spiro atoms. The topological polar surface area (TPSA) is 35.2 Å². The zero-order chi connectivity index (χ0) is 11.5. The summed E-state index contributed by atoms with van der Waals surface area (Å²) in [7, 11) is 1.67. The molecule has 0 fully saturated rings. The van der Waals surface area contributed by atoms with E-state index >= 15 is 0 Å². The number of benzene rings is 1. The van der Waals surface area contributed by atoms with Gasteiger partial charge in [-0.25, -0.2) is 0 Å². The number of nitrogens with two attached hydrogens (primary N) is 1. The molecule has 2 aromatic rings. The summed E-state index contributed by atoms with van der Waals surface area (Å²) in [6.45, 7) is 2.06. The van der Waals surface area contributed by atoms with Crippen LogP contribution in [0.1, 0.15) is 22.7 Å². The molecule has 2 N–H and O–H groups in total. The van der Waals surface area contributed by atoms with E-state index in [2.05, 4.69) is 18.4 Å². The van der Waals surface area contributed by atoms with Crippen molar-refractivity contribution in [1.82, 2.24) is 0 Å². The predicted octanol–water partition coefficient (Wildman–Crippen LogP) is 3.11. The molecule has 16 heavy (non-hydrogen) atoms. The first kappa shape index (κ1) is 11.2. The normalized spacial score (nSPS) is 12.4. The second kappa shape index (κ2) is 4.68. The maximum atomic E-state index is 6.22. The van der Waals surface area contributed by atoms with Crippen molar-refractivity contribution in [3.05, 3.63) is 51.7 Å². The third-order valence-corrected chi connectivity index (χ3v) is 3.42. The van der Waals surface area contributed by atoms with Crippen LogP contribution in [0.5, 0.6) is 5.75 Å². The average Bonchev–Trinajstić information content (AvgIpc) is 2.81. The van der Waals surface area contributed by atoms with Gasteiger partial charge in [0.05, 0.1) is 13.2 Å². The minimum atomic E-state index is -0.0443. The molecule has 0 aliphatic carbocycles. The van der Waals surface area contributed by atoms with Gasteiger partial charge in [-0.3, -0.25) is 0 Å². The smallest absolute Gasteiger partial charge is 0.119 e. The summed E-state index contributed by atoms with van der Waals surface area (Å²) in [5.74, 6) is 0.874. The van der Waals surface area contributed by atoms with Gasteiger partial charge >= 0.3 is 0 Å². The van der Waals surface area contributed by atoms with E-state index in [1.54, 1.807) is 18.4 Å². The Bertz CT molecular complexity index is 465. The molecule has 84 valence electrons. The van der Waals surface area contributed by atoms with E-state index in [1.807, 2.05) is 23.6 Å². The molecule has 1 aromatic heterocycles. The Balaban J connectivity index is 2.34. The largest absolute Gasteiger partial charge is 0.497 e. The minimum Gasteiger partial charge on any atom is -0.497 e. The van der Waals surface area contributed by atoms with Gasteiger partial charge in [-0.05, 0) is 52.6 Å². The van der Waals surface area contributed by atoms with Gasteiger partial charge in [0.2, 0.25) is 0 Å². The summed E-state index contributed by atoms with van der Waals surface area (Å²) in [5.41, 5.74) is 9.70. The minimum absolute atomic E-state index is 0.0443. The Morgan fingerprint density at radius 3 is 2.69 bits per heavy atom. The Kier molecular flexibility index (Phi) is 3.27. The lowest BCUT2D eigenvalue weighted by Gasteiger charge is -2.14. The number of hydrogen-bond donors (Lipinski definition) is 1. The monoisotopic (exact) mass is 233 g/mol. The molecule has 0 bridgehead atoms.